The second-order valence-electron chi connectivity index (χ2n) is 6.77. The van der Waals surface area contributed by atoms with Gasteiger partial charge in [0.1, 0.15) is 0 Å². The molecule has 1 heterocycles. The van der Waals surface area contributed by atoms with Crippen LogP contribution in [0.2, 0.25) is 0 Å². The lowest BCUT2D eigenvalue weighted by molar-refractivity contribution is -0.123. The van der Waals surface area contributed by atoms with E-state index in [4.69, 9.17) is 5.73 Å². The monoisotopic (exact) mass is 416 g/mol. The summed E-state index contributed by atoms with van der Waals surface area (Å²) in [5, 5.41) is 5.55. The molecule has 29 heavy (non-hydrogen) atoms. The van der Waals surface area contributed by atoms with Crippen molar-refractivity contribution in [1.82, 2.24) is 15.5 Å². The van der Waals surface area contributed by atoms with Crippen LogP contribution in [-0.2, 0) is 16.1 Å². The summed E-state index contributed by atoms with van der Waals surface area (Å²) in [5.74, 6) is -0.442. The summed E-state index contributed by atoms with van der Waals surface area (Å²) in [6.07, 6.45) is 0.206. The van der Waals surface area contributed by atoms with E-state index in [1.165, 1.54) is 4.90 Å². The maximum Gasteiger partial charge on any atom is 0.254 e. The van der Waals surface area contributed by atoms with Crippen molar-refractivity contribution in [3.63, 3.8) is 0 Å². The van der Waals surface area contributed by atoms with Gasteiger partial charge < -0.3 is 21.3 Å². The van der Waals surface area contributed by atoms with Gasteiger partial charge in [0.15, 0.2) is 0 Å². The third kappa shape index (κ3) is 6.30. The molecule has 1 atom stereocenters. The normalized spacial score (nSPS) is 14.4. The SMILES string of the molecule is Cl.NC(CC(=O)NCc1ccc(C(=O)N2CCNC(=O)C2)cc1)c1ccccc1. The fourth-order valence-corrected chi connectivity index (χ4v) is 3.05. The number of benzene rings is 2. The summed E-state index contributed by atoms with van der Waals surface area (Å²) in [6.45, 7) is 1.42. The molecule has 154 valence electrons. The van der Waals surface area contributed by atoms with E-state index in [2.05, 4.69) is 10.6 Å². The molecule has 4 N–H and O–H groups in total. The molecule has 7 nitrogen and oxygen atoms in total. The van der Waals surface area contributed by atoms with Crippen LogP contribution in [0.25, 0.3) is 0 Å². The molecule has 3 rings (SSSR count). The largest absolute Gasteiger partial charge is 0.353 e. The van der Waals surface area contributed by atoms with Crippen LogP contribution in [0, 0.1) is 0 Å². The molecule has 0 aliphatic carbocycles. The number of rotatable bonds is 6. The van der Waals surface area contributed by atoms with Crippen molar-refractivity contribution in [1.29, 1.82) is 0 Å². The van der Waals surface area contributed by atoms with Crippen molar-refractivity contribution in [2.45, 2.75) is 19.0 Å². The van der Waals surface area contributed by atoms with Crippen LogP contribution in [0.15, 0.2) is 54.6 Å². The first-order chi connectivity index (χ1) is 13.5. The topological polar surface area (TPSA) is 105 Å². The summed E-state index contributed by atoms with van der Waals surface area (Å²) in [5.41, 5.74) is 8.40. The van der Waals surface area contributed by atoms with E-state index in [1.54, 1.807) is 24.3 Å². The van der Waals surface area contributed by atoms with Crippen LogP contribution >= 0.6 is 12.4 Å². The number of carbonyl (C=O) groups excluding carboxylic acids is 3. The molecule has 1 aliphatic rings. The van der Waals surface area contributed by atoms with E-state index in [9.17, 15) is 14.4 Å². The third-order valence-electron chi connectivity index (χ3n) is 4.65. The first-order valence-corrected chi connectivity index (χ1v) is 9.25. The minimum atomic E-state index is -0.344. The molecule has 1 unspecified atom stereocenters. The van der Waals surface area contributed by atoms with Gasteiger partial charge in [-0.25, -0.2) is 0 Å². The average Bonchev–Trinajstić information content (AvgIpc) is 2.72. The van der Waals surface area contributed by atoms with Gasteiger partial charge in [-0.2, -0.15) is 0 Å². The van der Waals surface area contributed by atoms with Crippen molar-refractivity contribution < 1.29 is 14.4 Å². The quantitative estimate of drug-likeness (QED) is 0.661. The zero-order valence-electron chi connectivity index (χ0n) is 16.0. The number of nitrogens with two attached hydrogens (primary N) is 1. The molecule has 2 aromatic carbocycles. The van der Waals surface area contributed by atoms with E-state index >= 15 is 0 Å². The maximum absolute atomic E-state index is 12.4. The highest BCUT2D eigenvalue weighted by Gasteiger charge is 2.22. The number of hydrogen-bond acceptors (Lipinski definition) is 4. The Bertz CT molecular complexity index is 843. The lowest BCUT2D eigenvalue weighted by Gasteiger charge is -2.26. The van der Waals surface area contributed by atoms with Gasteiger partial charge in [-0.3, -0.25) is 14.4 Å². The van der Waals surface area contributed by atoms with Gasteiger partial charge in [-0.1, -0.05) is 42.5 Å². The van der Waals surface area contributed by atoms with Crippen LogP contribution in [-0.4, -0.2) is 42.3 Å². The summed E-state index contributed by atoms with van der Waals surface area (Å²) in [6, 6.07) is 16.2. The lowest BCUT2D eigenvalue weighted by Crippen LogP contribution is -2.49. The van der Waals surface area contributed by atoms with E-state index in [-0.39, 0.29) is 49.1 Å². The van der Waals surface area contributed by atoms with Crippen molar-refractivity contribution in [2.75, 3.05) is 19.6 Å². The molecule has 0 bridgehead atoms. The van der Waals surface area contributed by atoms with Gasteiger partial charge in [0, 0.05) is 37.7 Å². The Kier molecular flexibility index (Phi) is 8.18. The third-order valence-corrected chi connectivity index (χ3v) is 4.65. The standard InChI is InChI=1S/C21H24N4O3.ClH/c22-18(16-4-2-1-3-5-16)12-19(26)24-13-15-6-8-17(9-7-15)21(28)25-11-10-23-20(27)14-25;/h1-9,18H,10-14,22H2,(H,23,27)(H,24,26);1H. The summed E-state index contributed by atoms with van der Waals surface area (Å²) >= 11 is 0. The zero-order chi connectivity index (χ0) is 19.9. The number of amides is 3. The van der Waals surface area contributed by atoms with Crippen LogP contribution in [0.1, 0.15) is 33.9 Å². The first-order valence-electron chi connectivity index (χ1n) is 9.25. The van der Waals surface area contributed by atoms with Gasteiger partial charge in [0.25, 0.3) is 5.91 Å². The Balaban J connectivity index is 0.00000300. The molecular weight excluding hydrogens is 392 g/mol. The predicted octanol–water partition coefficient (Wildman–Crippen LogP) is 1.39. The van der Waals surface area contributed by atoms with Gasteiger partial charge in [-0.05, 0) is 23.3 Å². The minimum absolute atomic E-state index is 0. The molecule has 0 spiro atoms. The second kappa shape index (κ2) is 10.6. The zero-order valence-corrected chi connectivity index (χ0v) is 16.8. The van der Waals surface area contributed by atoms with Crippen molar-refractivity contribution in [3.8, 4) is 0 Å². The summed E-state index contributed by atoms with van der Waals surface area (Å²) in [7, 11) is 0. The highest BCUT2D eigenvalue weighted by Crippen LogP contribution is 2.13. The summed E-state index contributed by atoms with van der Waals surface area (Å²) in [4.78, 5) is 37.5. The van der Waals surface area contributed by atoms with Crippen molar-refractivity contribution in [2.24, 2.45) is 5.73 Å². The van der Waals surface area contributed by atoms with Crippen molar-refractivity contribution in [3.05, 3.63) is 71.3 Å². The predicted molar refractivity (Wildman–Crippen MR) is 112 cm³/mol. The van der Waals surface area contributed by atoms with Crippen LogP contribution in [0.3, 0.4) is 0 Å². The number of carbonyl (C=O) groups is 3. The Morgan fingerprint density at radius 1 is 1.10 bits per heavy atom. The van der Waals surface area contributed by atoms with Crippen LogP contribution in [0.5, 0.6) is 0 Å². The van der Waals surface area contributed by atoms with Gasteiger partial charge in [0.05, 0.1) is 6.54 Å². The van der Waals surface area contributed by atoms with Crippen molar-refractivity contribution >= 4 is 30.1 Å². The van der Waals surface area contributed by atoms with Gasteiger partial charge >= 0.3 is 0 Å². The number of nitrogens with zero attached hydrogens (tertiary/aromatic N) is 1. The van der Waals surface area contributed by atoms with Crippen LogP contribution in [0.4, 0.5) is 0 Å². The Morgan fingerprint density at radius 2 is 1.79 bits per heavy atom. The first kappa shape index (κ1) is 22.4. The maximum atomic E-state index is 12.4. The Hall–Kier alpha value is -2.90. The van der Waals surface area contributed by atoms with Gasteiger partial charge in [-0.15, -0.1) is 12.4 Å². The smallest absolute Gasteiger partial charge is 0.254 e. The number of halogens is 1. The van der Waals surface area contributed by atoms with E-state index in [0.717, 1.165) is 11.1 Å². The van der Waals surface area contributed by atoms with Gasteiger partial charge in [0.2, 0.25) is 11.8 Å². The molecule has 0 radical (unpaired) electrons. The van der Waals surface area contributed by atoms with E-state index < -0.39 is 0 Å². The molecule has 0 saturated carbocycles. The average molecular weight is 417 g/mol. The minimum Gasteiger partial charge on any atom is -0.353 e. The summed E-state index contributed by atoms with van der Waals surface area (Å²) < 4.78 is 0. The number of nitrogens with one attached hydrogen (secondary N) is 2. The molecule has 3 amide bonds. The molecule has 8 heteroatoms. The molecule has 1 fully saturated rings. The molecule has 1 saturated heterocycles. The highest BCUT2D eigenvalue weighted by atomic mass is 35.5. The fourth-order valence-electron chi connectivity index (χ4n) is 3.05. The number of hydrogen-bond donors (Lipinski definition) is 3. The van der Waals surface area contributed by atoms with E-state index in [0.29, 0.717) is 25.2 Å². The molecule has 2 aromatic rings. The molecule has 1 aliphatic heterocycles. The van der Waals surface area contributed by atoms with Crippen LogP contribution < -0.4 is 16.4 Å². The van der Waals surface area contributed by atoms with E-state index in [1.807, 2.05) is 30.3 Å². The highest BCUT2D eigenvalue weighted by molar-refractivity contribution is 5.97. The lowest BCUT2D eigenvalue weighted by atomic mass is 10.0. The molecular formula is C21H25ClN4O3. The second-order valence-corrected chi connectivity index (χ2v) is 6.77. The Labute approximate surface area is 176 Å². The number of piperazine rings is 1. The fraction of sp³-hybridized carbons (Fsp3) is 0.286. The Morgan fingerprint density at radius 3 is 2.45 bits per heavy atom. The molecule has 0 aromatic heterocycles.